The topological polar surface area (TPSA) is 95.0 Å². The van der Waals surface area contributed by atoms with Crippen molar-refractivity contribution < 1.29 is 9.32 Å². The van der Waals surface area contributed by atoms with Crippen LogP contribution in [0.25, 0.3) is 5.69 Å². The van der Waals surface area contributed by atoms with E-state index < -0.39 is 0 Å². The summed E-state index contributed by atoms with van der Waals surface area (Å²) in [5.41, 5.74) is 1.17. The third-order valence-corrected chi connectivity index (χ3v) is 3.92. The highest BCUT2D eigenvalue weighted by molar-refractivity contribution is 5.75. The summed E-state index contributed by atoms with van der Waals surface area (Å²) in [6, 6.07) is 10.9. The van der Waals surface area contributed by atoms with Gasteiger partial charge >= 0.3 is 5.69 Å². The van der Waals surface area contributed by atoms with Crippen molar-refractivity contribution in [2.24, 2.45) is 0 Å². The summed E-state index contributed by atoms with van der Waals surface area (Å²) >= 11 is 0. The van der Waals surface area contributed by atoms with Gasteiger partial charge in [-0.3, -0.25) is 9.36 Å². The minimum absolute atomic E-state index is 0.104. The van der Waals surface area contributed by atoms with Gasteiger partial charge < -0.3 is 9.84 Å². The zero-order chi connectivity index (χ0) is 18.5. The first-order valence-corrected chi connectivity index (χ1v) is 8.51. The van der Waals surface area contributed by atoms with Crippen LogP contribution in [0.3, 0.4) is 0 Å². The van der Waals surface area contributed by atoms with Crippen LogP contribution in [0, 0.1) is 6.92 Å². The molecule has 0 aliphatic heterocycles. The fourth-order valence-corrected chi connectivity index (χ4v) is 2.61. The number of rotatable bonds is 7. The molecule has 0 unspecified atom stereocenters. The summed E-state index contributed by atoms with van der Waals surface area (Å²) in [7, 11) is 0. The maximum atomic E-state index is 12.5. The van der Waals surface area contributed by atoms with Crippen LogP contribution in [0.15, 0.2) is 45.7 Å². The number of aromatic nitrogens is 4. The van der Waals surface area contributed by atoms with Crippen molar-refractivity contribution in [1.29, 1.82) is 0 Å². The second kappa shape index (κ2) is 7.81. The van der Waals surface area contributed by atoms with E-state index in [4.69, 9.17) is 4.52 Å². The number of amides is 1. The molecule has 0 spiro atoms. The number of para-hydroxylation sites is 1. The quantitative estimate of drug-likeness (QED) is 0.695. The highest BCUT2D eigenvalue weighted by atomic mass is 16.5. The van der Waals surface area contributed by atoms with Gasteiger partial charge in [-0.1, -0.05) is 36.7 Å². The summed E-state index contributed by atoms with van der Waals surface area (Å²) in [4.78, 5) is 24.7. The van der Waals surface area contributed by atoms with Crippen molar-refractivity contribution >= 4 is 5.91 Å². The van der Waals surface area contributed by atoms with Crippen LogP contribution in [0.4, 0.5) is 0 Å². The lowest BCUT2D eigenvalue weighted by Gasteiger charge is -2.04. The van der Waals surface area contributed by atoms with E-state index in [0.29, 0.717) is 17.3 Å². The van der Waals surface area contributed by atoms with Crippen molar-refractivity contribution in [3.63, 3.8) is 0 Å². The smallest absolute Gasteiger partial charge is 0.351 e. The molecule has 3 aromatic rings. The van der Waals surface area contributed by atoms with Gasteiger partial charge in [-0.15, -0.1) is 0 Å². The van der Waals surface area contributed by atoms with Gasteiger partial charge in [0.2, 0.25) is 5.91 Å². The Labute approximate surface area is 150 Å². The van der Waals surface area contributed by atoms with Gasteiger partial charge in [-0.25, -0.2) is 4.79 Å². The van der Waals surface area contributed by atoms with Crippen LogP contribution in [-0.2, 0) is 24.3 Å². The highest BCUT2D eigenvalue weighted by Crippen LogP contribution is 2.06. The molecule has 3 rings (SSSR count). The molecule has 0 atom stereocenters. The fourth-order valence-electron chi connectivity index (χ4n) is 2.61. The van der Waals surface area contributed by atoms with E-state index in [1.165, 1.54) is 9.25 Å². The first-order valence-electron chi connectivity index (χ1n) is 8.51. The van der Waals surface area contributed by atoms with Gasteiger partial charge in [-0.05, 0) is 25.5 Å². The van der Waals surface area contributed by atoms with Crippen LogP contribution in [0.5, 0.6) is 0 Å². The molecule has 2 aromatic heterocycles. The minimum atomic E-state index is -0.353. The summed E-state index contributed by atoms with van der Waals surface area (Å²) < 4.78 is 7.80. The van der Waals surface area contributed by atoms with Gasteiger partial charge in [0, 0.05) is 6.07 Å². The number of hydrogen-bond acceptors (Lipinski definition) is 5. The zero-order valence-electron chi connectivity index (χ0n) is 14.8. The van der Waals surface area contributed by atoms with Crippen molar-refractivity contribution in [2.75, 3.05) is 0 Å². The minimum Gasteiger partial charge on any atom is -0.359 e. The number of carbonyl (C=O) groups excluding carboxylic acids is 1. The molecule has 26 heavy (non-hydrogen) atoms. The predicted octanol–water partition coefficient (Wildman–Crippen LogP) is 1.60. The second-order valence-electron chi connectivity index (χ2n) is 5.97. The monoisotopic (exact) mass is 355 g/mol. The number of hydrogen-bond donors (Lipinski definition) is 1. The first-order chi connectivity index (χ1) is 12.6. The van der Waals surface area contributed by atoms with Crippen LogP contribution in [0.2, 0.25) is 0 Å². The standard InChI is InChI=1S/C18H21N5O3/c1-3-7-14-10-16(26-21-14)11-19-17(24)12-22-13(2)20-23(18(22)25)15-8-5-4-6-9-15/h4-6,8-10H,3,7,11-12H2,1-2H3,(H,19,24). The van der Waals surface area contributed by atoms with E-state index in [9.17, 15) is 9.59 Å². The molecule has 0 aliphatic rings. The molecule has 1 amide bonds. The van der Waals surface area contributed by atoms with Gasteiger partial charge in [-0.2, -0.15) is 9.78 Å². The molecule has 0 bridgehead atoms. The Morgan fingerprint density at radius 2 is 2.04 bits per heavy atom. The number of benzene rings is 1. The van der Waals surface area contributed by atoms with E-state index in [0.717, 1.165) is 18.5 Å². The maximum absolute atomic E-state index is 12.5. The molecule has 0 saturated carbocycles. The number of carbonyl (C=O) groups is 1. The Balaban J connectivity index is 1.66. The van der Waals surface area contributed by atoms with Crippen LogP contribution >= 0.6 is 0 Å². The number of aryl methyl sites for hydroxylation is 2. The lowest BCUT2D eigenvalue weighted by molar-refractivity contribution is -0.122. The summed E-state index contributed by atoms with van der Waals surface area (Å²) in [5.74, 6) is 0.765. The molecule has 8 heteroatoms. The van der Waals surface area contributed by atoms with Gasteiger partial charge in [0.15, 0.2) is 5.76 Å². The normalized spacial score (nSPS) is 10.8. The third kappa shape index (κ3) is 3.90. The van der Waals surface area contributed by atoms with Gasteiger partial charge in [0.05, 0.1) is 17.9 Å². The summed E-state index contributed by atoms with van der Waals surface area (Å²) in [6.45, 7) is 3.89. The Morgan fingerprint density at radius 3 is 2.77 bits per heavy atom. The van der Waals surface area contributed by atoms with Crippen molar-refractivity contribution in [3.8, 4) is 5.69 Å². The molecule has 136 valence electrons. The average Bonchev–Trinajstić information content (AvgIpc) is 3.20. The van der Waals surface area contributed by atoms with E-state index in [2.05, 4.69) is 22.5 Å². The molecule has 0 aliphatic carbocycles. The predicted molar refractivity (Wildman–Crippen MR) is 94.9 cm³/mol. The molecule has 1 aromatic carbocycles. The van der Waals surface area contributed by atoms with E-state index >= 15 is 0 Å². The fraction of sp³-hybridized carbons (Fsp3) is 0.333. The molecular formula is C18H21N5O3. The largest absolute Gasteiger partial charge is 0.359 e. The zero-order valence-corrected chi connectivity index (χ0v) is 14.8. The van der Waals surface area contributed by atoms with Crippen LogP contribution in [0.1, 0.15) is 30.6 Å². The van der Waals surface area contributed by atoms with Crippen molar-refractivity contribution in [3.05, 3.63) is 64.2 Å². The second-order valence-corrected chi connectivity index (χ2v) is 5.97. The van der Waals surface area contributed by atoms with Crippen LogP contribution in [-0.4, -0.2) is 25.4 Å². The van der Waals surface area contributed by atoms with Gasteiger partial charge in [0.25, 0.3) is 0 Å². The average molecular weight is 355 g/mol. The molecule has 1 N–H and O–H groups in total. The summed E-state index contributed by atoms with van der Waals surface area (Å²) in [6.07, 6.45) is 1.82. The Bertz CT molecular complexity index is 939. The first kappa shape index (κ1) is 17.7. The number of nitrogens with zero attached hydrogens (tertiary/aromatic N) is 4. The molecule has 8 nitrogen and oxygen atoms in total. The molecular weight excluding hydrogens is 334 g/mol. The van der Waals surface area contributed by atoms with Crippen molar-refractivity contribution in [2.45, 2.75) is 39.8 Å². The van der Waals surface area contributed by atoms with E-state index in [1.807, 2.05) is 24.3 Å². The Morgan fingerprint density at radius 1 is 1.27 bits per heavy atom. The molecule has 0 radical (unpaired) electrons. The van der Waals surface area contributed by atoms with Gasteiger partial charge in [0.1, 0.15) is 12.4 Å². The van der Waals surface area contributed by atoms with Crippen molar-refractivity contribution in [1.82, 2.24) is 24.8 Å². The maximum Gasteiger partial charge on any atom is 0.351 e. The molecule has 2 heterocycles. The summed E-state index contributed by atoms with van der Waals surface area (Å²) in [5, 5.41) is 10.9. The number of nitrogens with one attached hydrogen (secondary N) is 1. The Kier molecular flexibility index (Phi) is 5.31. The van der Waals surface area contributed by atoms with E-state index in [-0.39, 0.29) is 24.7 Å². The Hall–Kier alpha value is -3.16. The highest BCUT2D eigenvalue weighted by Gasteiger charge is 2.14. The molecule has 0 saturated heterocycles. The SMILES string of the molecule is CCCc1cc(CNC(=O)Cn2c(C)nn(-c3ccccc3)c2=O)on1. The lowest BCUT2D eigenvalue weighted by Crippen LogP contribution is -2.33. The van der Waals surface area contributed by atoms with E-state index in [1.54, 1.807) is 19.1 Å². The third-order valence-electron chi connectivity index (χ3n) is 3.92. The van der Waals surface area contributed by atoms with Crippen LogP contribution < -0.4 is 11.0 Å². The molecule has 0 fully saturated rings. The lowest BCUT2D eigenvalue weighted by atomic mass is 10.2.